The normalized spacial score (nSPS) is 10.7. The van der Waals surface area contributed by atoms with E-state index in [4.69, 9.17) is 0 Å². The third kappa shape index (κ3) is 3.36. The van der Waals surface area contributed by atoms with Crippen LogP contribution in [0.5, 0.6) is 0 Å². The van der Waals surface area contributed by atoms with Crippen molar-refractivity contribution in [3.8, 4) is 0 Å². The van der Waals surface area contributed by atoms with E-state index in [-0.39, 0.29) is 5.91 Å². The number of carbonyl (C=O) groups excluding carboxylic acids is 1. The third-order valence-corrected chi connectivity index (χ3v) is 4.53. The van der Waals surface area contributed by atoms with Gasteiger partial charge in [0.25, 0.3) is 5.91 Å². The highest BCUT2D eigenvalue weighted by atomic mass is 32.1. The van der Waals surface area contributed by atoms with Crippen molar-refractivity contribution >= 4 is 39.1 Å². The van der Waals surface area contributed by atoms with Crippen LogP contribution in [-0.4, -0.2) is 20.9 Å². The molecule has 0 fully saturated rings. The smallest absolute Gasteiger partial charge is 0.255 e. The van der Waals surface area contributed by atoms with Gasteiger partial charge in [-0.1, -0.05) is 12.1 Å². The number of aromatic amines is 1. The lowest BCUT2D eigenvalue weighted by molar-refractivity contribution is 0.102. The molecule has 0 radical (unpaired) electrons. The van der Waals surface area contributed by atoms with Crippen LogP contribution in [-0.2, 0) is 6.54 Å². The lowest BCUT2D eigenvalue weighted by atomic mass is 10.1. The quantitative estimate of drug-likeness (QED) is 0.510. The zero-order valence-corrected chi connectivity index (χ0v) is 14.0. The largest absolute Gasteiger partial charge is 0.357 e. The summed E-state index contributed by atoms with van der Waals surface area (Å²) in [6.45, 7) is 0.670. The lowest BCUT2D eigenvalue weighted by Gasteiger charge is -2.08. The van der Waals surface area contributed by atoms with Crippen molar-refractivity contribution in [1.82, 2.24) is 15.0 Å². The van der Waals surface area contributed by atoms with E-state index in [9.17, 15) is 4.79 Å². The fourth-order valence-electron chi connectivity index (χ4n) is 2.53. The van der Waals surface area contributed by atoms with E-state index in [2.05, 4.69) is 25.6 Å². The van der Waals surface area contributed by atoms with Crippen LogP contribution in [0, 0.1) is 0 Å². The maximum absolute atomic E-state index is 12.5. The van der Waals surface area contributed by atoms with Gasteiger partial charge in [0.1, 0.15) is 5.65 Å². The molecule has 0 saturated heterocycles. The lowest BCUT2D eigenvalue weighted by Crippen LogP contribution is -2.12. The second-order valence-corrected chi connectivity index (χ2v) is 6.33. The van der Waals surface area contributed by atoms with Gasteiger partial charge in [-0.2, -0.15) is 0 Å². The number of carbonyl (C=O) groups is 1. The van der Waals surface area contributed by atoms with Crippen LogP contribution in [0.3, 0.4) is 0 Å². The molecule has 0 aliphatic rings. The van der Waals surface area contributed by atoms with Crippen molar-refractivity contribution in [3.05, 3.63) is 71.5 Å². The van der Waals surface area contributed by atoms with Gasteiger partial charge in [-0.15, -0.1) is 11.3 Å². The third-order valence-electron chi connectivity index (χ3n) is 3.80. The van der Waals surface area contributed by atoms with Gasteiger partial charge in [0.2, 0.25) is 0 Å². The van der Waals surface area contributed by atoms with Crippen LogP contribution >= 0.6 is 11.3 Å². The molecule has 0 aliphatic carbocycles. The first-order chi connectivity index (χ1) is 12.3. The second-order valence-electron chi connectivity index (χ2n) is 5.44. The molecule has 0 spiro atoms. The maximum Gasteiger partial charge on any atom is 0.255 e. The van der Waals surface area contributed by atoms with Gasteiger partial charge in [0.05, 0.1) is 5.69 Å². The number of H-pyrrole nitrogens is 1. The standard InChI is InChI=1S/C18H15N5OS/c24-17(23-15-6-8-20-16-14(15)5-7-19-16)13-3-1-12(2-4-13)11-22-18-21-9-10-25-18/h1-10H,11H2,(H,21,22)(H2,19,20,23,24). The van der Waals surface area contributed by atoms with Gasteiger partial charge in [0.15, 0.2) is 5.13 Å². The van der Waals surface area contributed by atoms with Gasteiger partial charge in [0, 0.05) is 41.5 Å². The van der Waals surface area contributed by atoms with Crippen LogP contribution in [0.1, 0.15) is 15.9 Å². The number of benzene rings is 1. The van der Waals surface area contributed by atoms with Gasteiger partial charge in [-0.25, -0.2) is 9.97 Å². The number of aromatic nitrogens is 3. The van der Waals surface area contributed by atoms with Crippen molar-refractivity contribution in [2.75, 3.05) is 10.6 Å². The highest BCUT2D eigenvalue weighted by Gasteiger charge is 2.09. The molecule has 7 heteroatoms. The Bertz CT molecular complexity index is 992. The van der Waals surface area contributed by atoms with Crippen LogP contribution in [0.25, 0.3) is 11.0 Å². The number of nitrogens with one attached hydrogen (secondary N) is 3. The Labute approximate surface area is 148 Å². The first-order valence-electron chi connectivity index (χ1n) is 7.75. The minimum atomic E-state index is -0.145. The molecule has 3 heterocycles. The van der Waals surface area contributed by atoms with Gasteiger partial charge >= 0.3 is 0 Å². The zero-order chi connectivity index (χ0) is 17.1. The van der Waals surface area contributed by atoms with Gasteiger partial charge < -0.3 is 15.6 Å². The number of hydrogen-bond donors (Lipinski definition) is 3. The van der Waals surface area contributed by atoms with Gasteiger partial charge in [-0.05, 0) is 29.8 Å². The molecule has 0 atom stereocenters. The number of thiazole rings is 1. The average molecular weight is 349 g/mol. The van der Waals surface area contributed by atoms with E-state index in [1.165, 1.54) is 0 Å². The summed E-state index contributed by atoms with van der Waals surface area (Å²) in [7, 11) is 0. The molecule has 3 N–H and O–H groups in total. The summed E-state index contributed by atoms with van der Waals surface area (Å²) in [4.78, 5) is 23.9. The Kier molecular flexibility index (Phi) is 4.14. The number of anilines is 2. The molecule has 3 aromatic heterocycles. The molecule has 6 nitrogen and oxygen atoms in total. The Morgan fingerprint density at radius 3 is 2.76 bits per heavy atom. The Hall–Kier alpha value is -3.19. The van der Waals surface area contributed by atoms with Crippen LogP contribution in [0.15, 0.2) is 60.4 Å². The zero-order valence-electron chi connectivity index (χ0n) is 13.2. The van der Waals surface area contributed by atoms with Crippen molar-refractivity contribution in [2.45, 2.75) is 6.54 Å². The number of pyridine rings is 1. The van der Waals surface area contributed by atoms with Crippen LogP contribution in [0.4, 0.5) is 10.8 Å². The number of nitrogens with zero attached hydrogens (tertiary/aromatic N) is 2. The van der Waals surface area contributed by atoms with Crippen molar-refractivity contribution < 1.29 is 4.79 Å². The summed E-state index contributed by atoms with van der Waals surface area (Å²) in [5.41, 5.74) is 3.19. The molecule has 4 aromatic rings. The topological polar surface area (TPSA) is 82.7 Å². The summed E-state index contributed by atoms with van der Waals surface area (Å²) < 4.78 is 0. The first kappa shape index (κ1) is 15.3. The highest BCUT2D eigenvalue weighted by molar-refractivity contribution is 7.13. The Morgan fingerprint density at radius 2 is 1.96 bits per heavy atom. The molecule has 0 aliphatic heterocycles. The number of fused-ring (bicyclic) bond motifs is 1. The summed E-state index contributed by atoms with van der Waals surface area (Å²) in [6, 6.07) is 11.2. The molecule has 1 amide bonds. The van der Waals surface area contributed by atoms with E-state index in [1.807, 2.05) is 35.7 Å². The summed E-state index contributed by atoms with van der Waals surface area (Å²) in [5, 5.41) is 9.88. The maximum atomic E-state index is 12.5. The van der Waals surface area contributed by atoms with Crippen LogP contribution < -0.4 is 10.6 Å². The Balaban J connectivity index is 1.44. The predicted molar refractivity (Wildman–Crippen MR) is 99.9 cm³/mol. The molecule has 124 valence electrons. The molecule has 0 saturated carbocycles. The minimum absolute atomic E-state index is 0.145. The predicted octanol–water partition coefficient (Wildman–Crippen LogP) is 3.88. The summed E-state index contributed by atoms with van der Waals surface area (Å²) in [5.74, 6) is -0.145. The Morgan fingerprint density at radius 1 is 1.08 bits per heavy atom. The fourth-order valence-corrected chi connectivity index (χ4v) is 3.05. The van der Waals surface area contributed by atoms with E-state index in [0.29, 0.717) is 12.1 Å². The first-order valence-corrected chi connectivity index (χ1v) is 8.63. The molecule has 0 unspecified atom stereocenters. The fraction of sp³-hybridized carbons (Fsp3) is 0.0556. The number of rotatable bonds is 5. The minimum Gasteiger partial charge on any atom is -0.357 e. The van der Waals surface area contributed by atoms with Crippen molar-refractivity contribution in [2.24, 2.45) is 0 Å². The van der Waals surface area contributed by atoms with Crippen LogP contribution in [0.2, 0.25) is 0 Å². The molecule has 0 bridgehead atoms. The van der Waals surface area contributed by atoms with Crippen molar-refractivity contribution in [1.29, 1.82) is 0 Å². The monoisotopic (exact) mass is 349 g/mol. The summed E-state index contributed by atoms with van der Waals surface area (Å²) in [6.07, 6.45) is 5.24. The average Bonchev–Trinajstić information content (AvgIpc) is 3.32. The van der Waals surface area contributed by atoms with E-state index in [0.717, 1.165) is 27.4 Å². The second kappa shape index (κ2) is 6.74. The van der Waals surface area contributed by atoms with Gasteiger partial charge in [-0.3, -0.25) is 4.79 Å². The summed E-state index contributed by atoms with van der Waals surface area (Å²) >= 11 is 1.56. The molecule has 25 heavy (non-hydrogen) atoms. The van der Waals surface area contributed by atoms with E-state index in [1.54, 1.807) is 36.0 Å². The van der Waals surface area contributed by atoms with Crippen molar-refractivity contribution in [3.63, 3.8) is 0 Å². The molecule has 4 rings (SSSR count). The van der Waals surface area contributed by atoms with E-state index >= 15 is 0 Å². The molecular weight excluding hydrogens is 334 g/mol. The number of hydrogen-bond acceptors (Lipinski definition) is 5. The molecule has 1 aromatic carbocycles. The highest BCUT2D eigenvalue weighted by Crippen LogP contribution is 2.21. The molecular formula is C18H15N5OS. The SMILES string of the molecule is O=C(Nc1ccnc2[nH]ccc12)c1ccc(CNc2nccs2)cc1. The van der Waals surface area contributed by atoms with E-state index < -0.39 is 0 Å². The number of amides is 1.